The third-order valence-corrected chi connectivity index (χ3v) is 2.82. The Morgan fingerprint density at radius 2 is 1.74 bits per heavy atom. The molecule has 1 heterocycles. The molecule has 0 saturated carbocycles. The predicted molar refractivity (Wildman–Crippen MR) is 67.6 cm³/mol. The van der Waals surface area contributed by atoms with E-state index in [1.807, 2.05) is 0 Å². The minimum Gasteiger partial charge on any atom is -0.409 e. The van der Waals surface area contributed by atoms with Crippen LogP contribution >= 0.6 is 0 Å². The van der Waals surface area contributed by atoms with E-state index in [1.54, 1.807) is 0 Å². The van der Waals surface area contributed by atoms with Crippen molar-refractivity contribution in [2.45, 2.75) is 4.90 Å². The molecule has 19 heavy (non-hydrogen) atoms. The molecule has 2 aromatic rings. The molecule has 8 nitrogen and oxygen atoms in total. The molecule has 0 aliphatic rings. The van der Waals surface area contributed by atoms with Crippen molar-refractivity contribution in [3.8, 4) is 0 Å². The Bertz CT molecular complexity index is 634. The lowest BCUT2D eigenvalue weighted by atomic mass is 10.3. The fraction of sp³-hybridized carbons (Fsp3) is 0. The Morgan fingerprint density at radius 1 is 1.16 bits per heavy atom. The molecule has 0 radical (unpaired) electrons. The molecule has 102 valence electrons. The molecule has 4 N–H and O–H groups in total. The third kappa shape index (κ3) is 4.77. The van der Waals surface area contributed by atoms with E-state index in [4.69, 9.17) is 10.9 Å². The van der Waals surface area contributed by atoms with Crippen LogP contribution in [0.5, 0.6) is 0 Å². The van der Waals surface area contributed by atoms with Crippen molar-refractivity contribution in [1.82, 2.24) is 0 Å². The van der Waals surface area contributed by atoms with E-state index >= 15 is 0 Å². The number of hydrogen-bond donors (Lipinski definition) is 2. The Labute approximate surface area is 108 Å². The van der Waals surface area contributed by atoms with E-state index in [0.29, 0.717) is 5.69 Å². The summed E-state index contributed by atoms with van der Waals surface area (Å²) in [6.45, 7) is 0. The molecule has 1 aromatic heterocycles. The molecule has 0 atom stereocenters. The zero-order valence-corrected chi connectivity index (χ0v) is 10.4. The summed E-state index contributed by atoms with van der Waals surface area (Å²) in [6, 6.07) is 8.47. The van der Waals surface area contributed by atoms with Crippen molar-refractivity contribution in [2.75, 3.05) is 5.73 Å². The fourth-order valence-electron chi connectivity index (χ4n) is 1.03. The SMILES string of the molecule is Nc1ccc(S(N)(=O)=O)cc1.O=[N+]([O-])c1ccco1. The zero-order valence-electron chi connectivity index (χ0n) is 9.59. The average Bonchev–Trinajstić information content (AvgIpc) is 2.82. The molecule has 0 aliphatic carbocycles. The summed E-state index contributed by atoms with van der Waals surface area (Å²) in [4.78, 5) is 9.27. The highest BCUT2D eigenvalue weighted by Crippen LogP contribution is 2.09. The van der Waals surface area contributed by atoms with Gasteiger partial charge in [-0.1, -0.05) is 0 Å². The van der Waals surface area contributed by atoms with Crippen molar-refractivity contribution in [3.05, 3.63) is 52.8 Å². The molecule has 0 unspecified atom stereocenters. The van der Waals surface area contributed by atoms with Crippen LogP contribution in [0, 0.1) is 10.1 Å². The van der Waals surface area contributed by atoms with Gasteiger partial charge in [0.1, 0.15) is 4.92 Å². The lowest BCUT2D eigenvalue weighted by Crippen LogP contribution is -2.11. The molecule has 0 spiro atoms. The fourth-order valence-corrected chi connectivity index (χ4v) is 1.55. The van der Waals surface area contributed by atoms with Crippen LogP contribution < -0.4 is 10.9 Å². The van der Waals surface area contributed by atoms with Crippen LogP contribution in [0.15, 0.2) is 52.0 Å². The van der Waals surface area contributed by atoms with Crippen molar-refractivity contribution in [3.63, 3.8) is 0 Å². The summed E-state index contributed by atoms with van der Waals surface area (Å²) in [5.74, 6) is -0.218. The van der Waals surface area contributed by atoms with Gasteiger partial charge in [0.2, 0.25) is 10.0 Å². The third-order valence-electron chi connectivity index (χ3n) is 1.89. The first-order chi connectivity index (χ1) is 8.80. The molecule has 0 bridgehead atoms. The highest BCUT2D eigenvalue weighted by atomic mass is 32.2. The first kappa shape index (κ1) is 14.7. The molecule has 2 rings (SSSR count). The molecular formula is C10H11N3O5S. The van der Waals surface area contributed by atoms with Crippen LogP contribution in [0.25, 0.3) is 0 Å². The van der Waals surface area contributed by atoms with E-state index in [9.17, 15) is 18.5 Å². The number of nitrogen functional groups attached to an aromatic ring is 1. The van der Waals surface area contributed by atoms with Crippen LogP contribution in [-0.2, 0) is 10.0 Å². The Morgan fingerprint density at radius 3 is 2.05 bits per heavy atom. The number of hydrogen-bond acceptors (Lipinski definition) is 6. The Kier molecular flexibility index (Phi) is 4.62. The number of furan rings is 1. The second kappa shape index (κ2) is 5.98. The van der Waals surface area contributed by atoms with Gasteiger partial charge in [0.25, 0.3) is 0 Å². The van der Waals surface area contributed by atoms with Gasteiger partial charge in [-0.05, 0) is 30.3 Å². The van der Waals surface area contributed by atoms with E-state index < -0.39 is 14.9 Å². The second-order valence-electron chi connectivity index (χ2n) is 3.32. The summed E-state index contributed by atoms with van der Waals surface area (Å²) in [6.07, 6.45) is 1.26. The van der Waals surface area contributed by atoms with E-state index in [0.717, 1.165) is 0 Å². The number of nitrogens with zero attached hydrogens (tertiary/aromatic N) is 1. The predicted octanol–water partition coefficient (Wildman–Crippen LogP) is 1.10. The van der Waals surface area contributed by atoms with Gasteiger partial charge in [0.05, 0.1) is 17.2 Å². The van der Waals surface area contributed by atoms with Crippen molar-refractivity contribution >= 4 is 21.6 Å². The number of rotatable bonds is 2. The first-order valence-electron chi connectivity index (χ1n) is 4.87. The van der Waals surface area contributed by atoms with E-state index in [1.165, 1.54) is 42.7 Å². The zero-order chi connectivity index (χ0) is 14.5. The van der Waals surface area contributed by atoms with Gasteiger partial charge in [-0.15, -0.1) is 0 Å². The lowest BCUT2D eigenvalue weighted by Gasteiger charge is -1.96. The molecular weight excluding hydrogens is 274 g/mol. The Balaban J connectivity index is 0.000000200. The minimum absolute atomic E-state index is 0.0756. The quantitative estimate of drug-likeness (QED) is 0.480. The Hall–Kier alpha value is -2.39. The van der Waals surface area contributed by atoms with Crippen LogP contribution in [0.1, 0.15) is 0 Å². The number of nitro groups is 1. The average molecular weight is 285 g/mol. The maximum absolute atomic E-state index is 10.7. The highest BCUT2D eigenvalue weighted by molar-refractivity contribution is 7.89. The van der Waals surface area contributed by atoms with Crippen LogP contribution in [-0.4, -0.2) is 13.3 Å². The van der Waals surface area contributed by atoms with E-state index in [-0.39, 0.29) is 10.8 Å². The maximum Gasteiger partial charge on any atom is 0.432 e. The number of primary sulfonamides is 1. The molecule has 1 aromatic carbocycles. The molecule has 0 amide bonds. The van der Waals surface area contributed by atoms with Gasteiger partial charge >= 0.3 is 5.88 Å². The van der Waals surface area contributed by atoms with Crippen LogP contribution in [0.4, 0.5) is 11.6 Å². The summed E-state index contributed by atoms with van der Waals surface area (Å²) in [5, 5.41) is 14.6. The number of nitrogens with two attached hydrogens (primary N) is 2. The highest BCUT2D eigenvalue weighted by Gasteiger charge is 2.05. The molecule has 0 aliphatic heterocycles. The summed E-state index contributed by atoms with van der Waals surface area (Å²) in [5.41, 5.74) is 5.85. The first-order valence-corrected chi connectivity index (χ1v) is 6.41. The molecule has 9 heteroatoms. The van der Waals surface area contributed by atoms with Crippen molar-refractivity contribution in [2.24, 2.45) is 5.14 Å². The maximum atomic E-state index is 10.7. The number of sulfonamides is 1. The summed E-state index contributed by atoms with van der Waals surface area (Å²) < 4.78 is 25.8. The van der Waals surface area contributed by atoms with Gasteiger partial charge < -0.3 is 10.2 Å². The minimum atomic E-state index is -3.58. The summed E-state index contributed by atoms with van der Waals surface area (Å²) in [7, 11) is -3.58. The van der Waals surface area contributed by atoms with Gasteiger partial charge in [0.15, 0.2) is 0 Å². The van der Waals surface area contributed by atoms with Gasteiger partial charge in [0, 0.05) is 5.69 Å². The van der Waals surface area contributed by atoms with Crippen molar-refractivity contribution in [1.29, 1.82) is 0 Å². The monoisotopic (exact) mass is 285 g/mol. The van der Waals surface area contributed by atoms with Gasteiger partial charge in [-0.3, -0.25) is 10.1 Å². The van der Waals surface area contributed by atoms with Crippen LogP contribution in [0.2, 0.25) is 0 Å². The van der Waals surface area contributed by atoms with Gasteiger partial charge in [-0.2, -0.15) is 0 Å². The standard InChI is InChI=1S/C6H8N2O2S.C4H3NO3/c7-5-1-3-6(4-2-5)11(8,9)10;6-5(7)4-2-1-3-8-4/h1-4H,7H2,(H2,8,9,10);1-3H. The number of benzene rings is 1. The van der Waals surface area contributed by atoms with Crippen molar-refractivity contribution < 1.29 is 17.8 Å². The molecule has 0 saturated heterocycles. The largest absolute Gasteiger partial charge is 0.432 e. The van der Waals surface area contributed by atoms with Gasteiger partial charge in [-0.25, -0.2) is 13.6 Å². The topological polar surface area (TPSA) is 142 Å². The lowest BCUT2D eigenvalue weighted by molar-refractivity contribution is -0.402. The molecule has 0 fully saturated rings. The second-order valence-corrected chi connectivity index (χ2v) is 4.88. The van der Waals surface area contributed by atoms with Crippen LogP contribution in [0.3, 0.4) is 0 Å². The van der Waals surface area contributed by atoms with E-state index in [2.05, 4.69) is 4.42 Å². The summed E-state index contributed by atoms with van der Waals surface area (Å²) >= 11 is 0. The number of anilines is 1. The smallest absolute Gasteiger partial charge is 0.409 e. The normalized spacial score (nSPS) is 10.4.